The molecule has 1 nitrogen and oxygen atoms in total. The Morgan fingerprint density at radius 3 is 1.95 bits per heavy atom. The SMILES string of the molecule is CCCCCC(O[Si]CCCl)(SCCCC)SCCCC. The van der Waals surface area contributed by atoms with Gasteiger partial charge in [0, 0.05) is 5.88 Å². The van der Waals surface area contributed by atoms with Crippen molar-refractivity contribution in [2.75, 3.05) is 17.4 Å². The van der Waals surface area contributed by atoms with E-state index in [0.717, 1.165) is 6.04 Å². The number of hydrogen-bond donors (Lipinski definition) is 0. The molecule has 0 N–H and O–H groups in total. The number of unbranched alkanes of at least 4 members (excludes halogenated alkanes) is 4. The third-order valence-electron chi connectivity index (χ3n) is 3.15. The summed E-state index contributed by atoms with van der Waals surface area (Å²) in [7, 11) is 0.546. The van der Waals surface area contributed by atoms with Gasteiger partial charge in [-0.15, -0.1) is 35.1 Å². The van der Waals surface area contributed by atoms with Gasteiger partial charge in [0.15, 0.2) is 0 Å². The minimum absolute atomic E-state index is 0.00991. The highest BCUT2D eigenvalue weighted by Gasteiger charge is 2.31. The Balaban J connectivity index is 4.52. The predicted octanol–water partition coefficient (Wildman–Crippen LogP) is 6.58. The zero-order valence-electron chi connectivity index (χ0n) is 14.1. The van der Waals surface area contributed by atoms with Crippen molar-refractivity contribution in [3.8, 4) is 0 Å². The van der Waals surface area contributed by atoms with E-state index in [0.29, 0.717) is 15.6 Å². The van der Waals surface area contributed by atoms with Crippen LogP contribution in [0.1, 0.15) is 72.1 Å². The lowest BCUT2D eigenvalue weighted by molar-refractivity contribution is 0.253. The second kappa shape index (κ2) is 16.0. The van der Waals surface area contributed by atoms with Gasteiger partial charge in [0.05, 0.1) is 0 Å². The maximum absolute atomic E-state index is 6.38. The Bertz CT molecular complexity index is 175. The highest BCUT2D eigenvalue weighted by atomic mass is 35.5. The van der Waals surface area contributed by atoms with Crippen molar-refractivity contribution in [1.29, 1.82) is 0 Å². The van der Waals surface area contributed by atoms with Crippen LogP contribution in [-0.2, 0) is 4.43 Å². The number of alkyl halides is 1. The first-order valence-corrected chi connectivity index (χ1v) is 12.1. The third-order valence-corrected chi connectivity index (χ3v) is 8.05. The molecule has 0 bridgehead atoms. The van der Waals surface area contributed by atoms with Crippen LogP contribution in [0.3, 0.4) is 0 Å². The van der Waals surface area contributed by atoms with Gasteiger partial charge >= 0.3 is 0 Å². The van der Waals surface area contributed by atoms with Crippen LogP contribution in [0.5, 0.6) is 0 Å². The molecule has 0 aromatic carbocycles. The van der Waals surface area contributed by atoms with Crippen LogP contribution in [0, 0.1) is 0 Å². The molecule has 126 valence electrons. The summed E-state index contributed by atoms with van der Waals surface area (Å²) in [5.41, 5.74) is 0. The minimum atomic E-state index is -0.00991. The molecule has 0 amide bonds. The maximum atomic E-state index is 6.38. The Morgan fingerprint density at radius 1 is 0.905 bits per heavy atom. The van der Waals surface area contributed by atoms with E-state index in [1.165, 1.54) is 62.9 Å². The van der Waals surface area contributed by atoms with Crippen molar-refractivity contribution in [2.45, 2.75) is 82.4 Å². The fraction of sp³-hybridized carbons (Fsp3) is 1.00. The molecule has 0 fully saturated rings. The van der Waals surface area contributed by atoms with Crippen LogP contribution in [0.2, 0.25) is 6.04 Å². The minimum Gasteiger partial charge on any atom is -0.395 e. The quantitative estimate of drug-likeness (QED) is 0.132. The van der Waals surface area contributed by atoms with Gasteiger partial charge in [-0.2, -0.15) is 0 Å². The molecule has 0 aromatic heterocycles. The van der Waals surface area contributed by atoms with E-state index in [4.69, 9.17) is 16.0 Å². The Kier molecular flexibility index (Phi) is 16.9. The lowest BCUT2D eigenvalue weighted by atomic mass is 10.2. The molecule has 0 aromatic rings. The fourth-order valence-corrected chi connectivity index (χ4v) is 6.29. The summed E-state index contributed by atoms with van der Waals surface area (Å²) in [6.07, 6.45) is 10.2. The molecule has 0 heterocycles. The van der Waals surface area contributed by atoms with Crippen LogP contribution in [0.4, 0.5) is 0 Å². The molecule has 0 atom stereocenters. The highest BCUT2D eigenvalue weighted by Crippen LogP contribution is 2.43. The second-order valence-electron chi connectivity index (χ2n) is 5.23. The monoisotopic (exact) mass is 368 g/mol. The smallest absolute Gasteiger partial charge is 0.234 e. The van der Waals surface area contributed by atoms with Crippen LogP contribution >= 0.6 is 35.1 Å². The van der Waals surface area contributed by atoms with Gasteiger partial charge in [0.25, 0.3) is 0 Å². The Labute approximate surface area is 149 Å². The number of rotatable bonds is 16. The average Bonchev–Trinajstić information content (AvgIpc) is 2.48. The van der Waals surface area contributed by atoms with E-state index in [-0.39, 0.29) is 4.27 Å². The average molecular weight is 369 g/mol. The summed E-state index contributed by atoms with van der Waals surface area (Å²) >= 11 is 9.92. The van der Waals surface area contributed by atoms with Gasteiger partial charge in [-0.25, -0.2) is 0 Å². The van der Waals surface area contributed by atoms with Crippen molar-refractivity contribution in [2.24, 2.45) is 0 Å². The molecular weight excluding hydrogens is 336 g/mol. The van der Waals surface area contributed by atoms with Gasteiger partial charge in [-0.05, 0) is 43.2 Å². The first-order chi connectivity index (χ1) is 10.2. The van der Waals surface area contributed by atoms with Crippen molar-refractivity contribution in [1.82, 2.24) is 0 Å². The number of thioether (sulfide) groups is 2. The summed E-state index contributed by atoms with van der Waals surface area (Å²) in [6.45, 7) is 6.80. The topological polar surface area (TPSA) is 9.23 Å². The number of hydrogen-bond acceptors (Lipinski definition) is 3. The zero-order chi connectivity index (χ0) is 15.8. The lowest BCUT2D eigenvalue weighted by Crippen LogP contribution is -2.28. The molecule has 0 saturated carbocycles. The molecule has 0 spiro atoms. The Morgan fingerprint density at radius 2 is 1.48 bits per heavy atom. The molecular formula is C16H33ClOS2Si. The van der Waals surface area contributed by atoms with Crippen molar-refractivity contribution in [3.63, 3.8) is 0 Å². The molecule has 0 aliphatic heterocycles. The first-order valence-electron chi connectivity index (χ1n) is 8.49. The van der Waals surface area contributed by atoms with Crippen LogP contribution in [0.25, 0.3) is 0 Å². The van der Waals surface area contributed by atoms with Crippen LogP contribution in [0.15, 0.2) is 0 Å². The summed E-state index contributed by atoms with van der Waals surface area (Å²) in [5.74, 6) is 3.14. The van der Waals surface area contributed by atoms with Gasteiger partial charge in [-0.1, -0.05) is 46.5 Å². The summed E-state index contributed by atoms with van der Waals surface area (Å²) in [5, 5.41) is 0. The van der Waals surface area contributed by atoms with Crippen molar-refractivity contribution in [3.05, 3.63) is 0 Å². The van der Waals surface area contributed by atoms with Crippen LogP contribution < -0.4 is 0 Å². The summed E-state index contributed by atoms with van der Waals surface area (Å²) in [4.78, 5) is 0. The normalized spacial score (nSPS) is 12.0. The van der Waals surface area contributed by atoms with Gasteiger partial charge in [0.2, 0.25) is 9.76 Å². The maximum Gasteiger partial charge on any atom is 0.234 e. The molecule has 2 radical (unpaired) electrons. The summed E-state index contributed by atoms with van der Waals surface area (Å²) in [6, 6.07) is 0.986. The van der Waals surface area contributed by atoms with Gasteiger partial charge in [0.1, 0.15) is 4.27 Å². The molecule has 21 heavy (non-hydrogen) atoms. The van der Waals surface area contributed by atoms with Gasteiger partial charge < -0.3 is 4.43 Å². The van der Waals surface area contributed by atoms with E-state index in [1.54, 1.807) is 0 Å². The highest BCUT2D eigenvalue weighted by molar-refractivity contribution is 8.18. The molecule has 0 unspecified atom stereocenters. The molecule has 0 aliphatic rings. The van der Waals surface area contributed by atoms with Crippen molar-refractivity contribution < 1.29 is 4.43 Å². The van der Waals surface area contributed by atoms with Gasteiger partial charge in [-0.3, -0.25) is 0 Å². The summed E-state index contributed by atoms with van der Waals surface area (Å²) < 4.78 is 6.37. The van der Waals surface area contributed by atoms with Crippen LogP contribution in [-0.4, -0.2) is 31.4 Å². The van der Waals surface area contributed by atoms with E-state index < -0.39 is 0 Å². The van der Waals surface area contributed by atoms with E-state index in [1.807, 2.05) is 23.5 Å². The van der Waals surface area contributed by atoms with Crippen molar-refractivity contribution >= 4 is 44.9 Å². The predicted molar refractivity (Wildman–Crippen MR) is 104 cm³/mol. The van der Waals surface area contributed by atoms with E-state index in [9.17, 15) is 0 Å². The molecule has 0 rings (SSSR count). The fourth-order valence-electron chi connectivity index (χ4n) is 1.83. The largest absolute Gasteiger partial charge is 0.395 e. The number of halogens is 1. The molecule has 5 heteroatoms. The van der Waals surface area contributed by atoms with E-state index >= 15 is 0 Å². The lowest BCUT2D eigenvalue weighted by Gasteiger charge is -2.33. The third kappa shape index (κ3) is 12.3. The molecule has 0 aliphatic carbocycles. The first kappa shape index (κ1) is 22.2. The van der Waals surface area contributed by atoms with E-state index in [2.05, 4.69) is 20.8 Å². The standard InChI is InChI=1S/C16H33ClOS2Si/c1-4-7-10-11-16(18-21-15-12-17,19-13-8-5-2)20-14-9-6-3/h4-15H2,1-3H3. The Hall–Kier alpha value is 1.17. The zero-order valence-corrected chi connectivity index (χ0v) is 17.5. The second-order valence-corrected chi connectivity index (χ2v) is 9.57. The molecule has 0 saturated heterocycles.